The van der Waals surface area contributed by atoms with E-state index in [0.29, 0.717) is 22.3 Å². The van der Waals surface area contributed by atoms with Crippen molar-refractivity contribution < 1.29 is 9.52 Å². The molecule has 5 heteroatoms. The highest BCUT2D eigenvalue weighted by Crippen LogP contribution is 2.27. The summed E-state index contributed by atoms with van der Waals surface area (Å²) >= 11 is 5.89. The Morgan fingerprint density at radius 1 is 1.04 bits per heavy atom. The lowest BCUT2D eigenvalue weighted by Gasteiger charge is -2.00. The van der Waals surface area contributed by atoms with Crippen molar-refractivity contribution in [3.05, 3.63) is 35.0 Å². The van der Waals surface area contributed by atoms with E-state index in [-0.39, 0.29) is 5.95 Å². The molecule has 0 unspecified atom stereocenters. The van der Waals surface area contributed by atoms with Gasteiger partial charge in [0, 0.05) is 17.1 Å². The lowest BCUT2D eigenvalue weighted by molar-refractivity contribution is 0.336. The molecule has 0 saturated heterocycles. The SMILES string of the molecule is CCCCCCCCCCN=C(C)c1nc(-c2ccc(Cl)cc2)oc1O. The normalized spacial score (nSPS) is 11.9. The molecular formula is C21H29ClN2O2. The van der Waals surface area contributed by atoms with Gasteiger partial charge in [0.15, 0.2) is 5.69 Å². The molecule has 2 rings (SSSR count). The third-order valence-corrected chi connectivity index (χ3v) is 4.66. The Bertz CT molecular complexity index is 693. The van der Waals surface area contributed by atoms with E-state index in [1.807, 2.05) is 19.1 Å². The van der Waals surface area contributed by atoms with Crippen LogP contribution in [0.4, 0.5) is 0 Å². The fourth-order valence-electron chi connectivity index (χ4n) is 2.83. The number of aromatic hydroxyl groups is 1. The Morgan fingerprint density at radius 2 is 1.65 bits per heavy atom. The minimum atomic E-state index is -0.188. The average molecular weight is 377 g/mol. The first-order chi connectivity index (χ1) is 12.6. The van der Waals surface area contributed by atoms with Gasteiger partial charge in [-0.15, -0.1) is 0 Å². The highest BCUT2D eigenvalue weighted by molar-refractivity contribution is 6.30. The van der Waals surface area contributed by atoms with Crippen LogP contribution in [0.25, 0.3) is 11.5 Å². The molecule has 1 N–H and O–H groups in total. The molecule has 2 aromatic rings. The summed E-state index contributed by atoms with van der Waals surface area (Å²) in [5, 5.41) is 10.7. The standard InChI is InChI=1S/C21H29ClN2O2/c1-3-4-5-6-7-8-9-10-15-23-16(2)19-21(25)26-20(24-19)17-11-13-18(22)14-12-17/h11-14,25H,3-10,15H2,1-2H3. The van der Waals surface area contributed by atoms with E-state index >= 15 is 0 Å². The molecule has 0 aliphatic carbocycles. The summed E-state index contributed by atoms with van der Waals surface area (Å²) in [6, 6.07) is 7.15. The molecule has 0 saturated carbocycles. The number of hydrogen-bond acceptors (Lipinski definition) is 4. The van der Waals surface area contributed by atoms with Crippen LogP contribution in [0.3, 0.4) is 0 Å². The van der Waals surface area contributed by atoms with Gasteiger partial charge >= 0.3 is 5.95 Å². The molecule has 1 aromatic carbocycles. The number of benzene rings is 1. The number of aliphatic imine (C=N–C) groups is 1. The van der Waals surface area contributed by atoms with Gasteiger partial charge in [-0.05, 0) is 37.6 Å². The number of nitrogens with zero attached hydrogens (tertiary/aromatic N) is 2. The van der Waals surface area contributed by atoms with Crippen molar-refractivity contribution in [1.29, 1.82) is 0 Å². The molecule has 0 spiro atoms. The van der Waals surface area contributed by atoms with Crippen LogP contribution in [0, 0.1) is 0 Å². The van der Waals surface area contributed by atoms with Crippen LogP contribution in [-0.4, -0.2) is 22.3 Å². The lowest BCUT2D eigenvalue weighted by atomic mass is 10.1. The van der Waals surface area contributed by atoms with Crippen LogP contribution in [0.5, 0.6) is 5.95 Å². The maximum absolute atomic E-state index is 10.0. The van der Waals surface area contributed by atoms with Crippen molar-refractivity contribution in [2.45, 2.75) is 65.2 Å². The molecule has 0 radical (unpaired) electrons. The second-order valence-electron chi connectivity index (χ2n) is 6.62. The van der Waals surface area contributed by atoms with Gasteiger partial charge < -0.3 is 9.52 Å². The van der Waals surface area contributed by atoms with Crippen LogP contribution in [0.1, 0.15) is 70.9 Å². The predicted octanol–water partition coefficient (Wildman–Crippen LogP) is 6.65. The molecule has 4 nitrogen and oxygen atoms in total. The molecule has 1 aromatic heterocycles. The summed E-state index contributed by atoms with van der Waals surface area (Å²) in [6.07, 6.45) is 10.2. The van der Waals surface area contributed by atoms with Crippen molar-refractivity contribution >= 4 is 17.3 Å². The van der Waals surface area contributed by atoms with Crippen molar-refractivity contribution in [3.8, 4) is 17.4 Å². The maximum Gasteiger partial charge on any atom is 0.312 e. The molecular weight excluding hydrogens is 348 g/mol. The van der Waals surface area contributed by atoms with Gasteiger partial charge in [-0.2, -0.15) is 0 Å². The largest absolute Gasteiger partial charge is 0.479 e. The van der Waals surface area contributed by atoms with E-state index in [4.69, 9.17) is 16.0 Å². The van der Waals surface area contributed by atoms with E-state index in [2.05, 4.69) is 16.9 Å². The van der Waals surface area contributed by atoms with Crippen molar-refractivity contribution in [3.63, 3.8) is 0 Å². The van der Waals surface area contributed by atoms with E-state index in [0.717, 1.165) is 18.5 Å². The molecule has 1 heterocycles. The Kier molecular flexibility index (Phi) is 8.69. The Hall–Kier alpha value is -1.81. The first kappa shape index (κ1) is 20.5. The third kappa shape index (κ3) is 6.49. The zero-order valence-electron chi connectivity index (χ0n) is 15.8. The summed E-state index contributed by atoms with van der Waals surface area (Å²) in [4.78, 5) is 8.91. The molecule has 0 atom stereocenters. The molecule has 0 fully saturated rings. The first-order valence-corrected chi connectivity index (χ1v) is 9.96. The Morgan fingerprint density at radius 3 is 2.31 bits per heavy atom. The second kappa shape index (κ2) is 11.0. The van der Waals surface area contributed by atoms with E-state index in [1.54, 1.807) is 12.1 Å². The number of hydrogen-bond donors (Lipinski definition) is 1. The zero-order chi connectivity index (χ0) is 18.8. The van der Waals surface area contributed by atoms with Crippen LogP contribution in [-0.2, 0) is 0 Å². The van der Waals surface area contributed by atoms with Gasteiger partial charge in [0.2, 0.25) is 5.89 Å². The monoisotopic (exact) mass is 376 g/mol. The Labute approximate surface area is 161 Å². The van der Waals surface area contributed by atoms with E-state index in [1.165, 1.54) is 44.9 Å². The highest BCUT2D eigenvalue weighted by Gasteiger charge is 2.16. The van der Waals surface area contributed by atoms with Gasteiger partial charge in [-0.25, -0.2) is 4.98 Å². The van der Waals surface area contributed by atoms with Crippen molar-refractivity contribution in [2.24, 2.45) is 4.99 Å². The number of unbranched alkanes of at least 4 members (excludes halogenated alkanes) is 7. The summed E-state index contributed by atoms with van der Waals surface area (Å²) < 4.78 is 5.37. The zero-order valence-corrected chi connectivity index (χ0v) is 16.6. The molecule has 0 aliphatic rings. The van der Waals surface area contributed by atoms with Gasteiger partial charge in [0.05, 0.1) is 5.71 Å². The minimum Gasteiger partial charge on any atom is -0.479 e. The average Bonchev–Trinajstić information content (AvgIpc) is 3.02. The molecule has 142 valence electrons. The fourth-order valence-corrected chi connectivity index (χ4v) is 2.96. The number of halogens is 1. The smallest absolute Gasteiger partial charge is 0.312 e. The number of rotatable bonds is 11. The highest BCUT2D eigenvalue weighted by atomic mass is 35.5. The van der Waals surface area contributed by atoms with Crippen LogP contribution in [0.2, 0.25) is 5.02 Å². The van der Waals surface area contributed by atoms with E-state index in [9.17, 15) is 5.11 Å². The molecule has 0 amide bonds. The molecule has 26 heavy (non-hydrogen) atoms. The number of oxazole rings is 1. The van der Waals surface area contributed by atoms with Crippen molar-refractivity contribution in [2.75, 3.05) is 6.54 Å². The van der Waals surface area contributed by atoms with E-state index < -0.39 is 0 Å². The maximum atomic E-state index is 10.0. The van der Waals surface area contributed by atoms with Crippen LogP contribution < -0.4 is 0 Å². The van der Waals surface area contributed by atoms with Crippen molar-refractivity contribution in [1.82, 2.24) is 4.98 Å². The third-order valence-electron chi connectivity index (χ3n) is 4.40. The summed E-state index contributed by atoms with van der Waals surface area (Å²) in [6.45, 7) is 4.85. The summed E-state index contributed by atoms with van der Waals surface area (Å²) in [5.41, 5.74) is 1.88. The predicted molar refractivity (Wildman–Crippen MR) is 108 cm³/mol. The van der Waals surface area contributed by atoms with Crippen LogP contribution in [0.15, 0.2) is 33.7 Å². The summed E-state index contributed by atoms with van der Waals surface area (Å²) in [5.74, 6) is 0.183. The minimum absolute atomic E-state index is 0.188. The van der Waals surface area contributed by atoms with Gasteiger partial charge in [0.1, 0.15) is 0 Å². The fraction of sp³-hybridized carbons (Fsp3) is 0.524. The summed E-state index contributed by atoms with van der Waals surface area (Å²) in [7, 11) is 0. The molecule has 0 bridgehead atoms. The topological polar surface area (TPSA) is 58.6 Å². The molecule has 0 aliphatic heterocycles. The Balaban J connectivity index is 1.80. The van der Waals surface area contributed by atoms with Gasteiger partial charge in [-0.3, -0.25) is 4.99 Å². The van der Waals surface area contributed by atoms with Gasteiger partial charge in [-0.1, -0.05) is 63.5 Å². The van der Waals surface area contributed by atoms with Crippen LogP contribution >= 0.6 is 11.6 Å². The number of aromatic nitrogens is 1. The first-order valence-electron chi connectivity index (χ1n) is 9.59. The quantitative estimate of drug-likeness (QED) is 0.352. The lowest BCUT2D eigenvalue weighted by Crippen LogP contribution is -1.98. The van der Waals surface area contributed by atoms with Gasteiger partial charge in [0.25, 0.3) is 0 Å². The second-order valence-corrected chi connectivity index (χ2v) is 7.06.